The van der Waals surface area contributed by atoms with Crippen LogP contribution < -0.4 is 0 Å². The van der Waals surface area contributed by atoms with Crippen molar-refractivity contribution in [1.82, 2.24) is 4.90 Å². The highest BCUT2D eigenvalue weighted by Crippen LogP contribution is 2.18. The summed E-state index contributed by atoms with van der Waals surface area (Å²) in [6.45, 7) is 6.47. The first-order chi connectivity index (χ1) is 8.70. The molecular formula is C12H23NO5S. The van der Waals surface area contributed by atoms with E-state index in [0.29, 0.717) is 13.1 Å². The highest BCUT2D eigenvalue weighted by atomic mass is 32.2. The highest BCUT2D eigenvalue weighted by Gasteiger charge is 2.26. The summed E-state index contributed by atoms with van der Waals surface area (Å²) >= 11 is 0. The zero-order chi connectivity index (χ0) is 14.5. The maximum atomic E-state index is 11.7. The minimum Gasteiger partial charge on any atom is -0.306 e. The molecule has 0 spiro atoms. The molecule has 1 aliphatic heterocycles. The number of carbonyl (C=O) groups excluding carboxylic acids is 1. The second kappa shape index (κ2) is 6.56. The summed E-state index contributed by atoms with van der Waals surface area (Å²) in [7, 11) is -3.85. The third-order valence-corrected chi connectivity index (χ3v) is 4.18. The Kier molecular flexibility index (Phi) is 5.61. The Balaban J connectivity index is 2.44. The van der Waals surface area contributed by atoms with Gasteiger partial charge in [-0.15, -0.1) is 0 Å². The summed E-state index contributed by atoms with van der Waals surface area (Å²) in [6, 6.07) is 0. The molecule has 1 saturated heterocycles. The third-order valence-electron chi connectivity index (χ3n) is 2.68. The first kappa shape index (κ1) is 16.2. The molecule has 0 aromatic heterocycles. The lowest BCUT2D eigenvalue weighted by Crippen LogP contribution is -2.33. The van der Waals surface area contributed by atoms with Gasteiger partial charge in [0, 0.05) is 13.1 Å². The molecular weight excluding hydrogens is 270 g/mol. The average Bonchev–Trinajstić information content (AvgIpc) is 2.51. The van der Waals surface area contributed by atoms with E-state index in [2.05, 4.69) is 9.22 Å². The van der Waals surface area contributed by atoms with E-state index in [4.69, 9.17) is 0 Å². The van der Waals surface area contributed by atoms with Crippen LogP contribution in [0.4, 0.5) is 4.79 Å². The molecule has 0 N–H and O–H groups in total. The second-order valence-electron chi connectivity index (χ2n) is 6.08. The molecule has 1 rings (SSSR count). The lowest BCUT2D eigenvalue weighted by Gasteiger charge is -2.19. The molecule has 0 unspecified atom stereocenters. The number of rotatable bonds is 3. The van der Waals surface area contributed by atoms with Gasteiger partial charge in [0.15, 0.2) is 0 Å². The van der Waals surface area contributed by atoms with Gasteiger partial charge in [0.05, 0.1) is 5.75 Å². The molecule has 0 aromatic rings. The van der Waals surface area contributed by atoms with E-state index in [0.717, 1.165) is 25.7 Å². The fourth-order valence-corrected chi connectivity index (χ4v) is 3.21. The topological polar surface area (TPSA) is 72.9 Å². The predicted molar refractivity (Wildman–Crippen MR) is 70.8 cm³/mol. The predicted octanol–water partition coefficient (Wildman–Crippen LogP) is 2.31. The normalized spacial score (nSPS) is 17.9. The van der Waals surface area contributed by atoms with Gasteiger partial charge < -0.3 is 4.90 Å². The van der Waals surface area contributed by atoms with Gasteiger partial charge in [0.25, 0.3) is 0 Å². The van der Waals surface area contributed by atoms with Gasteiger partial charge in [-0.05, 0) is 18.3 Å². The second-order valence-corrected chi connectivity index (χ2v) is 7.62. The van der Waals surface area contributed by atoms with Gasteiger partial charge >= 0.3 is 16.2 Å². The molecule has 112 valence electrons. The highest BCUT2D eigenvalue weighted by molar-refractivity contribution is 7.86. The Hall–Kier alpha value is -0.820. The van der Waals surface area contributed by atoms with E-state index in [9.17, 15) is 13.2 Å². The number of likely N-dealkylation sites (tertiary alicyclic amines) is 1. The minimum absolute atomic E-state index is 0.201. The Bertz CT molecular complexity index is 391. The summed E-state index contributed by atoms with van der Waals surface area (Å²) in [5.74, 6) is -0.201. The standard InChI is InChI=1S/C12H23NO5S/c1-12(2,3)10-19(15,16)18-17-11(14)13-8-6-4-5-7-9-13/h4-10H2,1-3H3. The van der Waals surface area contributed by atoms with Gasteiger partial charge in [-0.3, -0.25) is 4.89 Å². The van der Waals surface area contributed by atoms with E-state index in [1.165, 1.54) is 4.90 Å². The van der Waals surface area contributed by atoms with E-state index < -0.39 is 21.6 Å². The fourth-order valence-electron chi connectivity index (χ4n) is 1.94. The van der Waals surface area contributed by atoms with Gasteiger partial charge in [-0.2, -0.15) is 8.42 Å². The Morgan fingerprint density at radius 2 is 1.63 bits per heavy atom. The van der Waals surface area contributed by atoms with Crippen LogP contribution in [0.5, 0.6) is 0 Å². The Morgan fingerprint density at radius 3 is 2.11 bits per heavy atom. The third kappa shape index (κ3) is 6.77. The molecule has 19 heavy (non-hydrogen) atoms. The van der Waals surface area contributed by atoms with Crippen molar-refractivity contribution >= 4 is 16.2 Å². The molecule has 0 saturated carbocycles. The zero-order valence-corrected chi connectivity index (χ0v) is 12.7. The summed E-state index contributed by atoms with van der Waals surface area (Å²) in [4.78, 5) is 17.6. The average molecular weight is 293 g/mol. The summed E-state index contributed by atoms with van der Waals surface area (Å²) < 4.78 is 27.5. The Morgan fingerprint density at radius 1 is 1.11 bits per heavy atom. The number of hydrogen-bond donors (Lipinski definition) is 0. The smallest absolute Gasteiger partial charge is 0.306 e. The fraction of sp³-hybridized carbons (Fsp3) is 0.917. The van der Waals surface area contributed by atoms with E-state index in [1.54, 1.807) is 20.8 Å². The quantitative estimate of drug-likeness (QED) is 0.589. The van der Waals surface area contributed by atoms with Gasteiger partial charge in [-0.1, -0.05) is 37.9 Å². The number of amides is 1. The van der Waals surface area contributed by atoms with Crippen molar-refractivity contribution in [2.75, 3.05) is 18.8 Å². The largest absolute Gasteiger partial charge is 0.442 e. The van der Waals surface area contributed by atoms with Crippen LogP contribution in [-0.2, 0) is 19.3 Å². The van der Waals surface area contributed by atoms with Crippen molar-refractivity contribution in [1.29, 1.82) is 0 Å². The van der Waals surface area contributed by atoms with Crippen LogP contribution in [0.3, 0.4) is 0 Å². The maximum Gasteiger partial charge on any atom is 0.442 e. The van der Waals surface area contributed by atoms with Crippen LogP contribution in [0.2, 0.25) is 0 Å². The van der Waals surface area contributed by atoms with Gasteiger partial charge in [0.2, 0.25) is 0 Å². The van der Waals surface area contributed by atoms with Crippen molar-refractivity contribution in [3.63, 3.8) is 0 Å². The first-order valence-corrected chi connectivity index (χ1v) is 8.15. The summed E-state index contributed by atoms with van der Waals surface area (Å²) in [5, 5.41) is 0. The molecule has 1 heterocycles. The number of hydrogen-bond acceptors (Lipinski definition) is 5. The van der Waals surface area contributed by atoms with Crippen molar-refractivity contribution in [3.05, 3.63) is 0 Å². The van der Waals surface area contributed by atoms with Crippen LogP contribution in [0.25, 0.3) is 0 Å². The summed E-state index contributed by atoms with van der Waals surface area (Å²) in [6.07, 6.45) is 3.24. The molecule has 7 heteroatoms. The molecule has 0 bridgehead atoms. The van der Waals surface area contributed by atoms with E-state index in [-0.39, 0.29) is 5.75 Å². The summed E-state index contributed by atoms with van der Waals surface area (Å²) in [5.41, 5.74) is -0.451. The SMILES string of the molecule is CC(C)(C)CS(=O)(=O)OOC(=O)N1CCCCCC1. The van der Waals surface area contributed by atoms with Gasteiger partial charge in [0.1, 0.15) is 0 Å². The molecule has 1 fully saturated rings. The van der Waals surface area contributed by atoms with Crippen LogP contribution in [0.1, 0.15) is 46.5 Å². The number of carbonyl (C=O) groups is 1. The monoisotopic (exact) mass is 293 g/mol. The van der Waals surface area contributed by atoms with Crippen molar-refractivity contribution in [2.45, 2.75) is 46.5 Å². The van der Waals surface area contributed by atoms with E-state index in [1.807, 2.05) is 0 Å². The van der Waals surface area contributed by atoms with Crippen molar-refractivity contribution in [3.8, 4) is 0 Å². The molecule has 0 radical (unpaired) electrons. The van der Waals surface area contributed by atoms with Gasteiger partial charge in [-0.25, -0.2) is 4.79 Å². The Labute approximate surface area is 115 Å². The van der Waals surface area contributed by atoms with Crippen LogP contribution in [0.15, 0.2) is 0 Å². The molecule has 6 nitrogen and oxygen atoms in total. The van der Waals surface area contributed by atoms with Crippen molar-refractivity contribution in [2.24, 2.45) is 5.41 Å². The lowest BCUT2D eigenvalue weighted by molar-refractivity contribution is -0.148. The molecule has 0 aliphatic carbocycles. The zero-order valence-electron chi connectivity index (χ0n) is 11.8. The maximum absolute atomic E-state index is 11.7. The molecule has 0 atom stereocenters. The molecule has 1 amide bonds. The van der Waals surface area contributed by atoms with Crippen molar-refractivity contribution < 1.29 is 22.4 Å². The van der Waals surface area contributed by atoms with Crippen LogP contribution >= 0.6 is 0 Å². The lowest BCUT2D eigenvalue weighted by atomic mass is 10.0. The number of nitrogens with zero attached hydrogens (tertiary/aromatic N) is 1. The molecule has 0 aromatic carbocycles. The first-order valence-electron chi connectivity index (χ1n) is 6.57. The minimum atomic E-state index is -3.85. The van der Waals surface area contributed by atoms with E-state index >= 15 is 0 Å². The van der Waals surface area contributed by atoms with Crippen LogP contribution in [-0.4, -0.2) is 38.3 Å². The molecule has 1 aliphatic rings. The van der Waals surface area contributed by atoms with Crippen LogP contribution in [0, 0.1) is 5.41 Å².